The Labute approximate surface area is 152 Å². The van der Waals surface area contributed by atoms with E-state index in [0.29, 0.717) is 18.4 Å². The summed E-state index contributed by atoms with van der Waals surface area (Å²) in [5.41, 5.74) is 1.30. The van der Waals surface area contributed by atoms with Crippen LogP contribution in [0.3, 0.4) is 0 Å². The maximum atomic E-state index is 11.3. The highest BCUT2D eigenvalue weighted by atomic mass is 32.2. The van der Waals surface area contributed by atoms with Gasteiger partial charge in [-0.05, 0) is 39.4 Å². The summed E-state index contributed by atoms with van der Waals surface area (Å²) in [7, 11) is 2.92. The number of nitrogens with zero attached hydrogens (tertiary/aromatic N) is 2. The van der Waals surface area contributed by atoms with Gasteiger partial charge in [-0.3, -0.25) is 4.99 Å². The van der Waals surface area contributed by atoms with Gasteiger partial charge in [-0.25, -0.2) is 8.42 Å². The number of nitrogens with one attached hydrogen (secondary N) is 2. The molecule has 2 unspecified atom stereocenters. The van der Waals surface area contributed by atoms with Crippen molar-refractivity contribution in [1.82, 2.24) is 15.5 Å². The van der Waals surface area contributed by atoms with Crippen molar-refractivity contribution in [2.45, 2.75) is 31.8 Å². The van der Waals surface area contributed by atoms with Crippen LogP contribution in [0.5, 0.6) is 0 Å². The van der Waals surface area contributed by atoms with Gasteiger partial charge in [0.05, 0.1) is 5.75 Å². The van der Waals surface area contributed by atoms with Gasteiger partial charge >= 0.3 is 0 Å². The van der Waals surface area contributed by atoms with Gasteiger partial charge in [-0.1, -0.05) is 30.3 Å². The van der Waals surface area contributed by atoms with E-state index < -0.39 is 9.84 Å². The monoisotopic (exact) mass is 368 g/mol. The van der Waals surface area contributed by atoms with Crippen molar-refractivity contribution >= 4 is 15.8 Å². The van der Waals surface area contributed by atoms with Gasteiger partial charge in [-0.2, -0.15) is 0 Å². The van der Waals surface area contributed by atoms with E-state index in [1.165, 1.54) is 11.8 Å². The quantitative estimate of drug-likeness (QED) is 0.505. The predicted octanol–water partition coefficient (Wildman–Crippen LogP) is 1.15. The first-order valence-corrected chi connectivity index (χ1v) is 10.6. The normalized spacial score (nSPS) is 15.0. The van der Waals surface area contributed by atoms with E-state index >= 15 is 0 Å². The fourth-order valence-electron chi connectivity index (χ4n) is 2.43. The molecule has 0 bridgehead atoms. The Balaban J connectivity index is 2.52. The zero-order valence-corrected chi connectivity index (χ0v) is 16.8. The molecule has 0 aliphatic carbocycles. The maximum absolute atomic E-state index is 11.3. The third-order valence-electron chi connectivity index (χ3n) is 4.08. The Morgan fingerprint density at radius 1 is 1.24 bits per heavy atom. The van der Waals surface area contributed by atoms with Crippen molar-refractivity contribution in [1.29, 1.82) is 0 Å². The summed E-state index contributed by atoms with van der Waals surface area (Å²) in [6.45, 7) is 2.71. The number of sulfone groups is 1. The maximum Gasteiger partial charge on any atom is 0.191 e. The van der Waals surface area contributed by atoms with Crippen LogP contribution in [0.15, 0.2) is 35.3 Å². The van der Waals surface area contributed by atoms with Crippen molar-refractivity contribution in [2.24, 2.45) is 4.99 Å². The Bertz CT molecular complexity index is 630. The number of hydrogen-bond acceptors (Lipinski definition) is 4. The first-order valence-electron chi connectivity index (χ1n) is 8.56. The number of hydrogen-bond donors (Lipinski definition) is 2. The van der Waals surface area contributed by atoms with Crippen molar-refractivity contribution in [3.63, 3.8) is 0 Å². The van der Waals surface area contributed by atoms with E-state index in [-0.39, 0.29) is 11.8 Å². The van der Waals surface area contributed by atoms with E-state index in [1.807, 2.05) is 13.0 Å². The van der Waals surface area contributed by atoms with Gasteiger partial charge in [-0.15, -0.1) is 0 Å². The van der Waals surface area contributed by atoms with Gasteiger partial charge in [0.15, 0.2) is 5.96 Å². The minimum Gasteiger partial charge on any atom is -0.355 e. The molecule has 0 radical (unpaired) electrons. The molecule has 25 heavy (non-hydrogen) atoms. The molecule has 1 aromatic carbocycles. The standard InChI is InChI=1S/C18H32N4O2S/c1-15(11-12-25(5,23)24)21-18(19-2)20-14-17(22(3)4)13-16-9-7-6-8-10-16/h6-10,15,17H,11-14H2,1-5H3,(H2,19,20,21). The molecule has 0 amide bonds. The average Bonchev–Trinajstić information content (AvgIpc) is 2.55. The first kappa shape index (κ1) is 21.4. The average molecular weight is 369 g/mol. The summed E-state index contributed by atoms with van der Waals surface area (Å²) >= 11 is 0. The van der Waals surface area contributed by atoms with Crippen LogP contribution in [0.1, 0.15) is 18.9 Å². The van der Waals surface area contributed by atoms with Gasteiger partial charge in [0, 0.05) is 31.9 Å². The van der Waals surface area contributed by atoms with Gasteiger partial charge in [0.25, 0.3) is 0 Å². The molecule has 0 aromatic heterocycles. The third-order valence-corrected chi connectivity index (χ3v) is 5.06. The van der Waals surface area contributed by atoms with Gasteiger partial charge in [0.2, 0.25) is 0 Å². The van der Waals surface area contributed by atoms with Crippen LogP contribution in [0.4, 0.5) is 0 Å². The van der Waals surface area contributed by atoms with E-state index in [0.717, 1.165) is 13.0 Å². The van der Waals surface area contributed by atoms with Crippen LogP contribution in [0.2, 0.25) is 0 Å². The zero-order valence-electron chi connectivity index (χ0n) is 16.0. The van der Waals surface area contributed by atoms with Crippen molar-refractivity contribution in [3.8, 4) is 0 Å². The fourth-order valence-corrected chi connectivity index (χ4v) is 3.21. The largest absolute Gasteiger partial charge is 0.355 e. The lowest BCUT2D eigenvalue weighted by molar-refractivity contribution is 0.290. The van der Waals surface area contributed by atoms with Crippen LogP contribution < -0.4 is 10.6 Å². The lowest BCUT2D eigenvalue weighted by Crippen LogP contribution is -2.48. The Kier molecular flexibility index (Phi) is 8.92. The highest BCUT2D eigenvalue weighted by Gasteiger charge is 2.14. The minimum atomic E-state index is -2.94. The number of aliphatic imine (C=N–C) groups is 1. The minimum absolute atomic E-state index is 0.0351. The second kappa shape index (κ2) is 10.4. The molecule has 142 valence electrons. The molecule has 2 N–H and O–H groups in total. The van der Waals surface area contributed by atoms with Crippen LogP contribution >= 0.6 is 0 Å². The molecule has 0 aliphatic heterocycles. The lowest BCUT2D eigenvalue weighted by atomic mass is 10.1. The molecule has 0 saturated heterocycles. The van der Waals surface area contributed by atoms with E-state index in [1.54, 1.807) is 7.05 Å². The SMILES string of the molecule is CN=C(NCC(Cc1ccccc1)N(C)C)NC(C)CCS(C)(=O)=O. The zero-order chi connectivity index (χ0) is 18.9. The molecule has 1 aromatic rings. The smallest absolute Gasteiger partial charge is 0.191 e. The molecule has 0 heterocycles. The first-order chi connectivity index (χ1) is 11.7. The summed E-state index contributed by atoms with van der Waals surface area (Å²) in [5, 5.41) is 6.60. The van der Waals surface area contributed by atoms with E-state index in [2.05, 4.69) is 58.9 Å². The Morgan fingerprint density at radius 3 is 2.40 bits per heavy atom. The predicted molar refractivity (Wildman–Crippen MR) is 106 cm³/mol. The van der Waals surface area contributed by atoms with Gasteiger partial charge in [0.1, 0.15) is 9.84 Å². The van der Waals surface area contributed by atoms with Crippen molar-refractivity contribution in [3.05, 3.63) is 35.9 Å². The van der Waals surface area contributed by atoms with E-state index in [9.17, 15) is 8.42 Å². The highest BCUT2D eigenvalue weighted by Crippen LogP contribution is 2.06. The molecule has 0 fully saturated rings. The highest BCUT2D eigenvalue weighted by molar-refractivity contribution is 7.90. The second-order valence-corrected chi connectivity index (χ2v) is 8.98. The number of benzene rings is 1. The van der Waals surface area contributed by atoms with Crippen molar-refractivity contribution in [2.75, 3.05) is 39.7 Å². The number of guanidine groups is 1. The van der Waals surface area contributed by atoms with E-state index in [4.69, 9.17) is 0 Å². The summed E-state index contributed by atoms with van der Waals surface area (Å²) in [6.07, 6.45) is 2.76. The fraction of sp³-hybridized carbons (Fsp3) is 0.611. The summed E-state index contributed by atoms with van der Waals surface area (Å²) in [6, 6.07) is 10.8. The van der Waals surface area contributed by atoms with Crippen molar-refractivity contribution < 1.29 is 8.42 Å². The molecule has 0 aliphatic rings. The second-order valence-electron chi connectivity index (χ2n) is 6.72. The summed E-state index contributed by atoms with van der Waals surface area (Å²) < 4.78 is 22.6. The Morgan fingerprint density at radius 2 is 1.88 bits per heavy atom. The topological polar surface area (TPSA) is 73.8 Å². The van der Waals surface area contributed by atoms with Crippen LogP contribution in [-0.2, 0) is 16.3 Å². The lowest BCUT2D eigenvalue weighted by Gasteiger charge is -2.26. The summed E-state index contributed by atoms with van der Waals surface area (Å²) in [4.78, 5) is 6.43. The Hall–Kier alpha value is -1.60. The molecule has 2 atom stereocenters. The van der Waals surface area contributed by atoms with Crippen LogP contribution in [0, 0.1) is 0 Å². The molecular formula is C18H32N4O2S. The third kappa shape index (κ3) is 9.45. The van der Waals surface area contributed by atoms with Crippen LogP contribution in [-0.4, -0.2) is 71.1 Å². The summed E-state index contributed by atoms with van der Waals surface area (Å²) in [5.74, 6) is 0.868. The molecule has 0 saturated carbocycles. The molecule has 1 rings (SSSR count). The molecule has 6 nitrogen and oxygen atoms in total. The number of likely N-dealkylation sites (N-methyl/N-ethyl adjacent to an activating group) is 1. The van der Waals surface area contributed by atoms with Gasteiger partial charge < -0.3 is 15.5 Å². The molecular weight excluding hydrogens is 336 g/mol. The number of rotatable bonds is 9. The molecule has 0 spiro atoms. The molecule has 7 heteroatoms. The van der Waals surface area contributed by atoms with Crippen LogP contribution in [0.25, 0.3) is 0 Å².